The molecule has 1 aromatic rings. The van der Waals surface area contributed by atoms with Gasteiger partial charge in [-0.2, -0.15) is 0 Å². The molecule has 1 aliphatic carbocycles. The van der Waals surface area contributed by atoms with Crippen molar-refractivity contribution in [3.05, 3.63) is 23.8 Å². The fourth-order valence-electron chi connectivity index (χ4n) is 2.91. The number of nitrogens with one attached hydrogen (secondary N) is 1. The molecule has 0 aliphatic heterocycles. The van der Waals surface area contributed by atoms with Crippen LogP contribution in [0.2, 0.25) is 0 Å². The van der Waals surface area contributed by atoms with Crippen molar-refractivity contribution in [2.45, 2.75) is 58.4 Å². The molecule has 1 aliphatic rings. The van der Waals surface area contributed by atoms with Crippen molar-refractivity contribution in [1.29, 1.82) is 0 Å². The van der Waals surface area contributed by atoms with Gasteiger partial charge in [-0.1, -0.05) is 26.2 Å². The van der Waals surface area contributed by atoms with Gasteiger partial charge in [0.2, 0.25) is 0 Å². The zero-order valence-electron chi connectivity index (χ0n) is 11.6. The molecule has 2 nitrogen and oxygen atoms in total. The Morgan fingerprint density at radius 2 is 2.06 bits per heavy atom. The van der Waals surface area contributed by atoms with Crippen LogP contribution in [-0.2, 0) is 0 Å². The highest BCUT2D eigenvalue weighted by atomic mass is 16.3. The van der Waals surface area contributed by atoms with Crippen LogP contribution < -0.4 is 5.32 Å². The topological polar surface area (TPSA) is 32.3 Å². The standard InChI is InChI=1S/C16H25NO/c1-3-13-5-4-6-14(8-7-13)17-15-9-10-16(18)12(2)11-15/h9-11,13-14,17-18H,3-8H2,1-2H3. The lowest BCUT2D eigenvalue weighted by Gasteiger charge is -2.18. The van der Waals surface area contributed by atoms with Crippen LogP contribution in [-0.4, -0.2) is 11.1 Å². The van der Waals surface area contributed by atoms with E-state index in [4.69, 9.17) is 0 Å². The van der Waals surface area contributed by atoms with Crippen molar-refractivity contribution in [1.82, 2.24) is 0 Å². The highest BCUT2D eigenvalue weighted by molar-refractivity contribution is 5.50. The van der Waals surface area contributed by atoms with Crippen LogP contribution in [0.25, 0.3) is 0 Å². The van der Waals surface area contributed by atoms with E-state index >= 15 is 0 Å². The molecule has 2 heteroatoms. The maximum Gasteiger partial charge on any atom is 0.118 e. The number of phenols is 1. The molecule has 1 aromatic carbocycles. The minimum atomic E-state index is 0.382. The molecule has 2 atom stereocenters. The second-order valence-electron chi connectivity index (χ2n) is 5.63. The molecule has 0 saturated heterocycles. The van der Waals surface area contributed by atoms with Crippen LogP contribution in [0.4, 0.5) is 5.69 Å². The van der Waals surface area contributed by atoms with Gasteiger partial charge in [-0.25, -0.2) is 0 Å². The summed E-state index contributed by atoms with van der Waals surface area (Å²) < 4.78 is 0. The van der Waals surface area contributed by atoms with Gasteiger partial charge in [-0.3, -0.25) is 0 Å². The summed E-state index contributed by atoms with van der Waals surface area (Å²) >= 11 is 0. The van der Waals surface area contributed by atoms with Crippen LogP contribution in [0.15, 0.2) is 18.2 Å². The molecule has 18 heavy (non-hydrogen) atoms. The van der Waals surface area contributed by atoms with E-state index in [-0.39, 0.29) is 0 Å². The minimum Gasteiger partial charge on any atom is -0.508 e. The molecule has 1 fully saturated rings. The molecule has 0 radical (unpaired) electrons. The smallest absolute Gasteiger partial charge is 0.118 e. The van der Waals surface area contributed by atoms with E-state index in [0.29, 0.717) is 11.8 Å². The Hall–Kier alpha value is -1.18. The van der Waals surface area contributed by atoms with Crippen molar-refractivity contribution < 1.29 is 5.11 Å². The predicted octanol–water partition coefficient (Wildman–Crippen LogP) is 4.47. The first kappa shape index (κ1) is 13.3. The quantitative estimate of drug-likeness (QED) is 0.610. The molecule has 2 rings (SSSR count). The van der Waals surface area contributed by atoms with Crippen molar-refractivity contribution in [2.24, 2.45) is 5.92 Å². The maximum absolute atomic E-state index is 9.53. The third-order valence-electron chi connectivity index (χ3n) is 4.23. The van der Waals surface area contributed by atoms with E-state index in [1.807, 2.05) is 19.1 Å². The Morgan fingerprint density at radius 3 is 2.78 bits per heavy atom. The van der Waals surface area contributed by atoms with Crippen molar-refractivity contribution in [3.8, 4) is 5.75 Å². The van der Waals surface area contributed by atoms with Gasteiger partial charge < -0.3 is 10.4 Å². The second kappa shape index (κ2) is 6.12. The normalized spacial score (nSPS) is 24.6. The van der Waals surface area contributed by atoms with E-state index in [2.05, 4.69) is 12.2 Å². The predicted molar refractivity (Wildman–Crippen MR) is 77.1 cm³/mol. The Balaban J connectivity index is 1.94. The summed E-state index contributed by atoms with van der Waals surface area (Å²) in [4.78, 5) is 0. The second-order valence-corrected chi connectivity index (χ2v) is 5.63. The van der Waals surface area contributed by atoms with Crippen LogP contribution in [0, 0.1) is 12.8 Å². The fourth-order valence-corrected chi connectivity index (χ4v) is 2.91. The minimum absolute atomic E-state index is 0.382. The van der Waals surface area contributed by atoms with Gasteiger partial charge in [-0.15, -0.1) is 0 Å². The lowest BCUT2D eigenvalue weighted by molar-refractivity contribution is 0.444. The SMILES string of the molecule is CCC1CCCC(Nc2ccc(O)c(C)c2)CC1. The van der Waals surface area contributed by atoms with E-state index in [9.17, 15) is 5.11 Å². The molecule has 0 aromatic heterocycles. The van der Waals surface area contributed by atoms with Crippen LogP contribution in [0.3, 0.4) is 0 Å². The number of hydrogen-bond donors (Lipinski definition) is 2. The molecule has 1 saturated carbocycles. The summed E-state index contributed by atoms with van der Waals surface area (Å²) in [6, 6.07) is 6.40. The molecular weight excluding hydrogens is 222 g/mol. The van der Waals surface area contributed by atoms with E-state index < -0.39 is 0 Å². The summed E-state index contributed by atoms with van der Waals surface area (Å²) in [5.41, 5.74) is 2.09. The molecule has 2 unspecified atom stereocenters. The molecular formula is C16H25NO. The van der Waals surface area contributed by atoms with Crippen molar-refractivity contribution in [2.75, 3.05) is 5.32 Å². The summed E-state index contributed by atoms with van der Waals surface area (Å²) in [5.74, 6) is 1.31. The monoisotopic (exact) mass is 247 g/mol. The number of aromatic hydroxyl groups is 1. The van der Waals surface area contributed by atoms with Crippen LogP contribution in [0.1, 0.15) is 51.0 Å². The average molecular weight is 247 g/mol. The van der Waals surface area contributed by atoms with Gasteiger partial charge in [0, 0.05) is 11.7 Å². The van der Waals surface area contributed by atoms with Gasteiger partial charge in [-0.05, 0) is 55.9 Å². The molecule has 100 valence electrons. The Kier molecular flexibility index (Phi) is 4.51. The first-order valence-corrected chi connectivity index (χ1v) is 7.25. The van der Waals surface area contributed by atoms with Gasteiger partial charge in [0.1, 0.15) is 5.75 Å². The number of benzene rings is 1. The third-order valence-corrected chi connectivity index (χ3v) is 4.23. The average Bonchev–Trinajstić information content (AvgIpc) is 2.59. The van der Waals surface area contributed by atoms with Gasteiger partial charge in [0.25, 0.3) is 0 Å². The third kappa shape index (κ3) is 3.41. The summed E-state index contributed by atoms with van der Waals surface area (Å²) in [6.07, 6.45) is 7.96. The molecule has 0 bridgehead atoms. The zero-order chi connectivity index (χ0) is 13.0. The van der Waals surface area contributed by atoms with Crippen LogP contribution in [0.5, 0.6) is 5.75 Å². The molecule has 0 spiro atoms. The van der Waals surface area contributed by atoms with Crippen molar-refractivity contribution in [3.63, 3.8) is 0 Å². The molecule has 2 N–H and O–H groups in total. The number of phenolic OH excluding ortho intramolecular Hbond substituents is 1. The lowest BCUT2D eigenvalue weighted by Crippen LogP contribution is -2.18. The van der Waals surface area contributed by atoms with E-state index in [1.54, 1.807) is 6.07 Å². The Labute approximate surface area is 110 Å². The number of anilines is 1. The van der Waals surface area contributed by atoms with E-state index in [1.165, 1.54) is 38.5 Å². The molecule has 0 amide bonds. The number of aryl methyl sites for hydroxylation is 1. The zero-order valence-corrected chi connectivity index (χ0v) is 11.6. The Morgan fingerprint density at radius 1 is 1.22 bits per heavy atom. The van der Waals surface area contributed by atoms with Gasteiger partial charge in [0.15, 0.2) is 0 Å². The van der Waals surface area contributed by atoms with Gasteiger partial charge in [0.05, 0.1) is 0 Å². The van der Waals surface area contributed by atoms with E-state index in [0.717, 1.165) is 17.2 Å². The summed E-state index contributed by atoms with van der Waals surface area (Å²) in [7, 11) is 0. The first-order chi connectivity index (χ1) is 8.69. The summed E-state index contributed by atoms with van der Waals surface area (Å²) in [5, 5.41) is 13.2. The number of rotatable bonds is 3. The lowest BCUT2D eigenvalue weighted by atomic mass is 9.98. The Bertz CT molecular complexity index is 389. The highest BCUT2D eigenvalue weighted by Crippen LogP contribution is 2.28. The largest absolute Gasteiger partial charge is 0.508 e. The number of hydrogen-bond acceptors (Lipinski definition) is 2. The highest BCUT2D eigenvalue weighted by Gasteiger charge is 2.17. The fraction of sp³-hybridized carbons (Fsp3) is 0.625. The first-order valence-electron chi connectivity index (χ1n) is 7.25. The molecule has 0 heterocycles. The summed E-state index contributed by atoms with van der Waals surface area (Å²) in [6.45, 7) is 4.25. The van der Waals surface area contributed by atoms with Crippen LogP contribution >= 0.6 is 0 Å². The van der Waals surface area contributed by atoms with Gasteiger partial charge >= 0.3 is 0 Å². The maximum atomic E-state index is 9.53. The van der Waals surface area contributed by atoms with Crippen molar-refractivity contribution >= 4 is 5.69 Å².